The van der Waals surface area contributed by atoms with Gasteiger partial charge < -0.3 is 5.11 Å². The molecule has 2 N–H and O–H groups in total. The molecule has 1 atom stereocenters. The highest BCUT2D eigenvalue weighted by Gasteiger charge is 2.26. The number of carbonyl (C=O) groups excluding carboxylic acids is 1. The summed E-state index contributed by atoms with van der Waals surface area (Å²) in [6, 6.07) is 0. The van der Waals surface area contributed by atoms with Crippen molar-refractivity contribution in [3.63, 3.8) is 0 Å². The lowest BCUT2D eigenvalue weighted by Gasteiger charge is -2.26. The minimum atomic E-state index is -0.245. The first kappa shape index (κ1) is 8.49. The summed E-state index contributed by atoms with van der Waals surface area (Å²) < 4.78 is 0. The highest BCUT2D eigenvalue weighted by atomic mass is 16.5. The Bertz CT molecular complexity index is 147. The van der Waals surface area contributed by atoms with Gasteiger partial charge in [-0.05, 0) is 19.3 Å². The van der Waals surface area contributed by atoms with Gasteiger partial charge in [0.15, 0.2) is 0 Å². The average Bonchev–Trinajstić information content (AvgIpc) is 1.99. The van der Waals surface area contributed by atoms with E-state index < -0.39 is 0 Å². The van der Waals surface area contributed by atoms with Gasteiger partial charge in [-0.15, -0.1) is 0 Å². The van der Waals surface area contributed by atoms with Crippen LogP contribution in [0.25, 0.3) is 0 Å². The Hall–Kier alpha value is -0.610. The second kappa shape index (κ2) is 3.69. The van der Waals surface area contributed by atoms with E-state index in [0.29, 0.717) is 13.0 Å². The average molecular weight is 159 g/mol. The molecule has 1 fully saturated rings. The van der Waals surface area contributed by atoms with Crippen LogP contribution in [-0.2, 0) is 4.79 Å². The SMILES string of the molecule is O=C1C(CCO)CCCN1O. The van der Waals surface area contributed by atoms with Crippen LogP contribution >= 0.6 is 0 Å². The van der Waals surface area contributed by atoms with E-state index in [-0.39, 0.29) is 18.4 Å². The lowest BCUT2D eigenvalue weighted by Crippen LogP contribution is -2.39. The maximum absolute atomic E-state index is 11.1. The molecule has 0 radical (unpaired) electrons. The van der Waals surface area contributed by atoms with Crippen LogP contribution in [0.2, 0.25) is 0 Å². The zero-order valence-electron chi connectivity index (χ0n) is 6.36. The normalized spacial score (nSPS) is 25.8. The molecule has 1 aliphatic rings. The number of piperidine rings is 1. The van der Waals surface area contributed by atoms with Crippen LogP contribution in [0.3, 0.4) is 0 Å². The van der Waals surface area contributed by atoms with Crippen LogP contribution in [0.5, 0.6) is 0 Å². The smallest absolute Gasteiger partial charge is 0.249 e. The van der Waals surface area contributed by atoms with Crippen molar-refractivity contribution < 1.29 is 15.1 Å². The van der Waals surface area contributed by atoms with E-state index in [1.165, 1.54) is 0 Å². The largest absolute Gasteiger partial charge is 0.396 e. The van der Waals surface area contributed by atoms with Gasteiger partial charge in [0, 0.05) is 19.1 Å². The zero-order valence-corrected chi connectivity index (χ0v) is 6.36. The highest BCUT2D eigenvalue weighted by Crippen LogP contribution is 2.18. The Morgan fingerprint density at radius 2 is 2.36 bits per heavy atom. The van der Waals surface area contributed by atoms with Crippen LogP contribution in [-0.4, -0.2) is 34.4 Å². The molecule has 0 aromatic heterocycles. The predicted octanol–water partition coefficient (Wildman–Crippen LogP) is -0.00340. The summed E-state index contributed by atoms with van der Waals surface area (Å²) in [7, 11) is 0. The number of carbonyl (C=O) groups is 1. The van der Waals surface area contributed by atoms with Crippen LogP contribution in [0.15, 0.2) is 0 Å². The van der Waals surface area contributed by atoms with Crippen molar-refractivity contribution in [2.24, 2.45) is 5.92 Å². The predicted molar refractivity (Wildman–Crippen MR) is 37.9 cm³/mol. The molecule has 1 rings (SSSR count). The lowest BCUT2D eigenvalue weighted by molar-refractivity contribution is -0.176. The van der Waals surface area contributed by atoms with E-state index in [1.54, 1.807) is 0 Å². The number of hydrogen-bond acceptors (Lipinski definition) is 3. The fraction of sp³-hybridized carbons (Fsp3) is 0.857. The molecule has 4 heteroatoms. The summed E-state index contributed by atoms with van der Waals surface area (Å²) in [4.78, 5) is 11.1. The van der Waals surface area contributed by atoms with Gasteiger partial charge in [0.25, 0.3) is 0 Å². The number of amides is 1. The molecule has 0 aromatic carbocycles. The molecule has 64 valence electrons. The Kier molecular flexibility index (Phi) is 2.84. The summed E-state index contributed by atoms with van der Waals surface area (Å²) >= 11 is 0. The molecule has 1 heterocycles. The monoisotopic (exact) mass is 159 g/mol. The minimum absolute atomic E-state index is 0.0181. The third-order valence-corrected chi connectivity index (χ3v) is 2.00. The first-order valence-corrected chi connectivity index (χ1v) is 3.87. The number of rotatable bonds is 2. The summed E-state index contributed by atoms with van der Waals surface area (Å²) in [5.41, 5.74) is 0. The number of hydrogen-bond donors (Lipinski definition) is 2. The molecule has 4 nitrogen and oxygen atoms in total. The standard InChI is InChI=1S/C7H13NO3/c9-5-3-6-2-1-4-8(11)7(6)10/h6,9,11H,1-5H2. The second-order valence-electron chi connectivity index (χ2n) is 2.81. The molecule has 0 aliphatic carbocycles. The Morgan fingerprint density at radius 3 is 3.00 bits per heavy atom. The molecule has 1 aliphatic heterocycles. The molecular weight excluding hydrogens is 146 g/mol. The summed E-state index contributed by atoms with van der Waals surface area (Å²) in [5.74, 6) is -0.413. The van der Waals surface area contributed by atoms with Crippen molar-refractivity contribution in [3.8, 4) is 0 Å². The van der Waals surface area contributed by atoms with E-state index in [0.717, 1.165) is 17.9 Å². The Morgan fingerprint density at radius 1 is 1.64 bits per heavy atom. The van der Waals surface area contributed by atoms with Gasteiger partial charge in [-0.25, -0.2) is 5.06 Å². The van der Waals surface area contributed by atoms with Crippen molar-refractivity contribution in [1.29, 1.82) is 0 Å². The summed E-state index contributed by atoms with van der Waals surface area (Å²) in [6.07, 6.45) is 2.08. The van der Waals surface area contributed by atoms with Crippen LogP contribution in [0.1, 0.15) is 19.3 Å². The van der Waals surface area contributed by atoms with Crippen molar-refractivity contribution in [2.45, 2.75) is 19.3 Å². The van der Waals surface area contributed by atoms with E-state index in [2.05, 4.69) is 0 Å². The van der Waals surface area contributed by atoms with E-state index in [4.69, 9.17) is 10.3 Å². The summed E-state index contributed by atoms with van der Waals surface area (Å²) in [6.45, 7) is 0.449. The number of hydroxylamine groups is 2. The first-order valence-electron chi connectivity index (χ1n) is 3.87. The van der Waals surface area contributed by atoms with Crippen LogP contribution in [0.4, 0.5) is 0 Å². The van der Waals surface area contributed by atoms with Gasteiger partial charge in [0.05, 0.1) is 0 Å². The molecule has 1 unspecified atom stereocenters. The Labute approximate surface area is 65.4 Å². The fourth-order valence-electron chi connectivity index (χ4n) is 1.36. The number of aliphatic hydroxyl groups excluding tert-OH is 1. The highest BCUT2D eigenvalue weighted by molar-refractivity contribution is 5.78. The maximum atomic E-state index is 11.1. The minimum Gasteiger partial charge on any atom is -0.396 e. The van der Waals surface area contributed by atoms with Gasteiger partial charge in [-0.2, -0.15) is 0 Å². The summed E-state index contributed by atoms with van der Waals surface area (Å²) in [5, 5.41) is 18.3. The van der Waals surface area contributed by atoms with Gasteiger partial charge in [0.1, 0.15) is 0 Å². The van der Waals surface area contributed by atoms with E-state index in [9.17, 15) is 4.79 Å². The van der Waals surface area contributed by atoms with Crippen LogP contribution in [0, 0.1) is 5.92 Å². The third-order valence-electron chi connectivity index (χ3n) is 2.00. The molecule has 0 aromatic rings. The first-order chi connectivity index (χ1) is 5.25. The lowest BCUT2D eigenvalue weighted by atomic mass is 9.95. The molecule has 0 bridgehead atoms. The zero-order chi connectivity index (χ0) is 8.27. The third kappa shape index (κ3) is 1.91. The van der Waals surface area contributed by atoms with Crippen molar-refractivity contribution >= 4 is 5.91 Å². The number of aliphatic hydroxyl groups is 1. The number of nitrogens with zero attached hydrogens (tertiary/aromatic N) is 1. The molecule has 1 saturated heterocycles. The van der Waals surface area contributed by atoms with Crippen molar-refractivity contribution in [1.82, 2.24) is 5.06 Å². The van der Waals surface area contributed by atoms with E-state index >= 15 is 0 Å². The van der Waals surface area contributed by atoms with Gasteiger partial charge in [0.2, 0.25) is 5.91 Å². The van der Waals surface area contributed by atoms with Gasteiger partial charge in [-0.1, -0.05) is 0 Å². The molecule has 0 saturated carbocycles. The van der Waals surface area contributed by atoms with Crippen LogP contribution < -0.4 is 0 Å². The van der Waals surface area contributed by atoms with Gasteiger partial charge in [-0.3, -0.25) is 10.0 Å². The molecule has 0 spiro atoms. The van der Waals surface area contributed by atoms with E-state index in [1.807, 2.05) is 0 Å². The fourth-order valence-corrected chi connectivity index (χ4v) is 1.36. The molecule has 1 amide bonds. The topological polar surface area (TPSA) is 60.8 Å². The molecular formula is C7H13NO3. The molecule has 11 heavy (non-hydrogen) atoms. The van der Waals surface area contributed by atoms with Crippen molar-refractivity contribution in [3.05, 3.63) is 0 Å². The quantitative estimate of drug-likeness (QED) is 0.557. The van der Waals surface area contributed by atoms with Crippen molar-refractivity contribution in [2.75, 3.05) is 13.2 Å². The second-order valence-corrected chi connectivity index (χ2v) is 2.81. The Balaban J connectivity index is 2.44. The van der Waals surface area contributed by atoms with Gasteiger partial charge >= 0.3 is 0 Å². The maximum Gasteiger partial charge on any atom is 0.249 e.